The van der Waals surface area contributed by atoms with Crippen molar-refractivity contribution in [1.29, 1.82) is 0 Å². The topological polar surface area (TPSA) is 29.5 Å². The molecule has 19 heavy (non-hydrogen) atoms. The average Bonchev–Trinajstić information content (AvgIpc) is 2.40. The molecule has 104 valence electrons. The summed E-state index contributed by atoms with van der Waals surface area (Å²) in [6.07, 6.45) is 6.02. The van der Waals surface area contributed by atoms with E-state index >= 15 is 0 Å². The Morgan fingerprint density at radius 1 is 1.37 bits per heavy atom. The van der Waals surface area contributed by atoms with E-state index in [1.807, 2.05) is 0 Å². The molecule has 0 unspecified atom stereocenters. The third-order valence-corrected chi connectivity index (χ3v) is 3.83. The van der Waals surface area contributed by atoms with Crippen LogP contribution in [0.5, 0.6) is 0 Å². The number of ether oxygens (including phenoxy) is 1. The van der Waals surface area contributed by atoms with Crippen molar-refractivity contribution in [3.05, 3.63) is 40.7 Å². The molecule has 0 saturated heterocycles. The molecule has 0 bridgehead atoms. The van der Waals surface area contributed by atoms with Crippen LogP contribution in [-0.2, 0) is 11.3 Å². The van der Waals surface area contributed by atoms with E-state index in [-0.39, 0.29) is 17.4 Å². The van der Waals surface area contributed by atoms with Crippen molar-refractivity contribution in [3.63, 3.8) is 0 Å². The van der Waals surface area contributed by atoms with Gasteiger partial charge in [-0.25, -0.2) is 4.39 Å². The maximum absolute atomic E-state index is 13.7. The van der Waals surface area contributed by atoms with E-state index in [0.717, 1.165) is 12.8 Å². The molecule has 1 saturated carbocycles. The molecule has 0 aliphatic heterocycles. The second-order valence-electron chi connectivity index (χ2n) is 4.94. The van der Waals surface area contributed by atoms with Gasteiger partial charge in [-0.05, 0) is 30.5 Å². The first-order valence-corrected chi connectivity index (χ1v) is 6.93. The maximum Gasteiger partial charge on any atom is 0.134 e. The van der Waals surface area contributed by atoms with Gasteiger partial charge in [0.05, 0.1) is 18.3 Å². The van der Waals surface area contributed by atoms with Gasteiger partial charge in [-0.15, -0.1) is 0 Å². The van der Waals surface area contributed by atoms with Crippen LogP contribution in [0.15, 0.2) is 18.7 Å². The first-order valence-electron chi connectivity index (χ1n) is 6.55. The molecular formula is C15H18ClFO2. The molecule has 1 N–H and O–H groups in total. The fourth-order valence-electron chi connectivity index (χ4n) is 2.36. The zero-order valence-corrected chi connectivity index (χ0v) is 11.5. The van der Waals surface area contributed by atoms with Crippen LogP contribution in [0.3, 0.4) is 0 Å². The number of hydrogen-bond acceptors (Lipinski definition) is 2. The van der Waals surface area contributed by atoms with E-state index in [1.54, 1.807) is 0 Å². The second kappa shape index (κ2) is 6.40. The van der Waals surface area contributed by atoms with Crippen molar-refractivity contribution in [2.24, 2.45) is 0 Å². The van der Waals surface area contributed by atoms with Gasteiger partial charge >= 0.3 is 0 Å². The molecule has 0 spiro atoms. The van der Waals surface area contributed by atoms with Crippen molar-refractivity contribution >= 4 is 17.4 Å². The van der Waals surface area contributed by atoms with Gasteiger partial charge < -0.3 is 9.84 Å². The predicted octanol–water partition coefficient (Wildman–Crippen LogP) is 4.86. The molecule has 4 heteroatoms. The van der Waals surface area contributed by atoms with Crippen LogP contribution in [0.25, 0.3) is 5.76 Å². The van der Waals surface area contributed by atoms with Gasteiger partial charge in [-0.3, -0.25) is 0 Å². The first kappa shape index (κ1) is 14.4. The highest BCUT2D eigenvalue weighted by Gasteiger charge is 2.16. The Balaban J connectivity index is 2.04. The summed E-state index contributed by atoms with van der Waals surface area (Å²) >= 11 is 6.06. The Hall–Kier alpha value is -1.06. The quantitative estimate of drug-likeness (QED) is 0.800. The third kappa shape index (κ3) is 3.71. The lowest BCUT2D eigenvalue weighted by atomic mass is 9.98. The monoisotopic (exact) mass is 284 g/mol. The van der Waals surface area contributed by atoms with E-state index in [0.29, 0.717) is 17.2 Å². The summed E-state index contributed by atoms with van der Waals surface area (Å²) in [5.74, 6) is -0.849. The Labute approximate surface area is 117 Å². The van der Waals surface area contributed by atoms with Crippen LogP contribution in [0, 0.1) is 5.82 Å². The molecular weight excluding hydrogens is 267 g/mol. The van der Waals surface area contributed by atoms with E-state index in [4.69, 9.17) is 16.3 Å². The van der Waals surface area contributed by atoms with E-state index in [1.165, 1.54) is 31.4 Å². The van der Waals surface area contributed by atoms with Crippen LogP contribution in [0.1, 0.15) is 43.2 Å². The van der Waals surface area contributed by atoms with Gasteiger partial charge in [0.2, 0.25) is 0 Å². The van der Waals surface area contributed by atoms with Gasteiger partial charge in [0.1, 0.15) is 11.6 Å². The molecule has 0 amide bonds. The molecule has 1 aromatic carbocycles. The molecule has 2 nitrogen and oxygen atoms in total. The summed E-state index contributed by atoms with van der Waals surface area (Å²) in [6.45, 7) is 3.61. The molecule has 1 aliphatic carbocycles. The van der Waals surface area contributed by atoms with Crippen LogP contribution in [0.2, 0.25) is 5.02 Å². The standard InChI is InChI=1S/C15H18ClFO2/c1-10(18)13-8-14(16)11(7-15(13)17)9-19-12-5-3-2-4-6-12/h7-8,12,18H,1-6,9H2. The summed E-state index contributed by atoms with van der Waals surface area (Å²) in [7, 11) is 0. The maximum atomic E-state index is 13.7. The second-order valence-corrected chi connectivity index (χ2v) is 5.35. The van der Waals surface area contributed by atoms with Crippen molar-refractivity contribution in [2.75, 3.05) is 0 Å². The zero-order chi connectivity index (χ0) is 13.8. The van der Waals surface area contributed by atoms with Crippen LogP contribution >= 0.6 is 11.6 Å². The number of hydrogen-bond donors (Lipinski definition) is 1. The predicted molar refractivity (Wildman–Crippen MR) is 74.7 cm³/mol. The summed E-state index contributed by atoms with van der Waals surface area (Å²) in [5.41, 5.74) is 0.640. The highest BCUT2D eigenvalue weighted by Crippen LogP contribution is 2.27. The minimum atomic E-state index is -0.529. The van der Waals surface area contributed by atoms with Gasteiger partial charge in [0, 0.05) is 5.02 Å². The molecule has 1 aliphatic rings. The summed E-state index contributed by atoms with van der Waals surface area (Å²) < 4.78 is 19.5. The van der Waals surface area contributed by atoms with Crippen molar-refractivity contribution < 1.29 is 14.2 Å². The van der Waals surface area contributed by atoms with Crippen LogP contribution in [0.4, 0.5) is 4.39 Å². The zero-order valence-electron chi connectivity index (χ0n) is 10.8. The summed E-state index contributed by atoms with van der Waals surface area (Å²) in [4.78, 5) is 0. The van der Waals surface area contributed by atoms with Crippen LogP contribution in [-0.4, -0.2) is 11.2 Å². The lowest BCUT2D eigenvalue weighted by molar-refractivity contribution is 0.0168. The summed E-state index contributed by atoms with van der Waals surface area (Å²) in [6, 6.07) is 2.70. The SMILES string of the molecule is C=C(O)c1cc(Cl)c(COC2CCCCC2)cc1F. The smallest absolute Gasteiger partial charge is 0.134 e. The van der Waals surface area contributed by atoms with Gasteiger partial charge in [-0.2, -0.15) is 0 Å². The van der Waals surface area contributed by atoms with Crippen LogP contribution < -0.4 is 0 Å². The Bertz CT molecular complexity index is 467. The Kier molecular flexibility index (Phi) is 4.83. The van der Waals surface area contributed by atoms with E-state index in [9.17, 15) is 9.50 Å². The molecule has 0 radical (unpaired) electrons. The third-order valence-electron chi connectivity index (χ3n) is 3.47. The lowest BCUT2D eigenvalue weighted by Gasteiger charge is -2.22. The Morgan fingerprint density at radius 3 is 2.68 bits per heavy atom. The molecule has 0 heterocycles. The fraction of sp³-hybridized carbons (Fsp3) is 0.467. The molecule has 0 aromatic heterocycles. The van der Waals surface area contributed by atoms with E-state index < -0.39 is 5.82 Å². The Morgan fingerprint density at radius 2 is 2.05 bits per heavy atom. The van der Waals surface area contributed by atoms with Crippen molar-refractivity contribution in [1.82, 2.24) is 0 Å². The summed E-state index contributed by atoms with van der Waals surface area (Å²) in [5, 5.41) is 9.62. The molecule has 1 aromatic rings. The number of aliphatic hydroxyl groups excluding tert-OH is 1. The minimum absolute atomic E-state index is 0.0337. The van der Waals surface area contributed by atoms with Crippen molar-refractivity contribution in [2.45, 2.75) is 44.8 Å². The minimum Gasteiger partial charge on any atom is -0.508 e. The average molecular weight is 285 g/mol. The highest BCUT2D eigenvalue weighted by molar-refractivity contribution is 6.31. The van der Waals surface area contributed by atoms with Gasteiger partial charge in [0.15, 0.2) is 0 Å². The molecule has 2 rings (SSSR count). The largest absolute Gasteiger partial charge is 0.508 e. The van der Waals surface area contributed by atoms with Crippen molar-refractivity contribution in [3.8, 4) is 0 Å². The number of aliphatic hydroxyl groups is 1. The number of rotatable bonds is 4. The lowest BCUT2D eigenvalue weighted by Crippen LogP contribution is -2.16. The van der Waals surface area contributed by atoms with E-state index in [2.05, 4.69) is 6.58 Å². The molecule has 0 atom stereocenters. The van der Waals surface area contributed by atoms with Gasteiger partial charge in [-0.1, -0.05) is 37.4 Å². The van der Waals surface area contributed by atoms with Gasteiger partial charge in [0.25, 0.3) is 0 Å². The normalized spacial score (nSPS) is 16.5. The molecule has 1 fully saturated rings. The first-order chi connectivity index (χ1) is 9.08. The fourth-order valence-corrected chi connectivity index (χ4v) is 2.58. The number of benzene rings is 1. The highest BCUT2D eigenvalue weighted by atomic mass is 35.5. The number of halogens is 2.